The van der Waals surface area contributed by atoms with Crippen molar-refractivity contribution in [2.45, 2.75) is 33.3 Å². The van der Waals surface area contributed by atoms with Gasteiger partial charge in [0.05, 0.1) is 5.71 Å². The lowest BCUT2D eigenvalue weighted by Crippen LogP contribution is -2.15. The Morgan fingerprint density at radius 2 is 1.93 bits per heavy atom. The van der Waals surface area contributed by atoms with Gasteiger partial charge >= 0.3 is 0 Å². The molecule has 2 rings (SSSR count). The molecule has 2 N–H and O–H groups in total. The summed E-state index contributed by atoms with van der Waals surface area (Å²) in [4.78, 5) is 9.49. The first-order valence-corrected chi connectivity index (χ1v) is 9.23. The standard InChI is InChI=1S/C20H24F2N6O2/c1-4-25-27-18(26-23)13-29-19-10-7-16(11-24-19)14(2)28-30-12-15-5-8-17(9-6-15)20(3,21)22/h5-11,23,25H,4,12-13H2,1-3H3/b26-23?,27-18-,28-14+. The molecule has 0 fully saturated rings. The fourth-order valence-electron chi connectivity index (χ4n) is 2.23. The number of halogens is 2. The van der Waals surface area contributed by atoms with Crippen molar-refractivity contribution in [1.82, 2.24) is 10.4 Å². The number of hydrogen-bond acceptors (Lipinski definition) is 7. The van der Waals surface area contributed by atoms with Crippen molar-refractivity contribution in [1.29, 1.82) is 5.53 Å². The highest BCUT2D eigenvalue weighted by Gasteiger charge is 2.23. The summed E-state index contributed by atoms with van der Waals surface area (Å²) in [5, 5.41) is 11.2. The molecule has 0 saturated heterocycles. The maximum Gasteiger partial charge on any atom is 0.270 e. The summed E-state index contributed by atoms with van der Waals surface area (Å²) in [5.41, 5.74) is 11.8. The highest BCUT2D eigenvalue weighted by molar-refractivity contribution is 5.98. The summed E-state index contributed by atoms with van der Waals surface area (Å²) in [5.74, 6) is -2.31. The van der Waals surface area contributed by atoms with Crippen LogP contribution in [0.5, 0.6) is 5.88 Å². The van der Waals surface area contributed by atoms with E-state index < -0.39 is 5.92 Å². The van der Waals surface area contributed by atoms with Gasteiger partial charge in [0.2, 0.25) is 11.7 Å². The highest BCUT2D eigenvalue weighted by atomic mass is 19.3. The largest absolute Gasteiger partial charge is 0.469 e. The minimum absolute atomic E-state index is 0.0157. The molecule has 8 nitrogen and oxygen atoms in total. The topological polar surface area (TPSA) is 104 Å². The van der Waals surface area contributed by atoms with Gasteiger partial charge in [0.25, 0.3) is 5.92 Å². The number of oxime groups is 1. The number of benzene rings is 1. The maximum absolute atomic E-state index is 13.2. The molecular weight excluding hydrogens is 394 g/mol. The number of nitrogens with one attached hydrogen (secondary N) is 2. The van der Waals surface area contributed by atoms with E-state index in [1.54, 1.807) is 37.4 Å². The van der Waals surface area contributed by atoms with Gasteiger partial charge in [-0.15, -0.1) is 5.11 Å². The molecule has 30 heavy (non-hydrogen) atoms. The molecule has 2 aromatic rings. The second-order valence-electron chi connectivity index (χ2n) is 6.36. The first-order chi connectivity index (χ1) is 14.3. The molecule has 160 valence electrons. The molecule has 0 radical (unpaired) electrons. The summed E-state index contributed by atoms with van der Waals surface area (Å²) < 4.78 is 31.9. The van der Waals surface area contributed by atoms with Crippen molar-refractivity contribution in [3.05, 3.63) is 59.3 Å². The molecule has 0 unspecified atom stereocenters. The SMILES string of the molecule is CCN/N=C(/COc1ccc(/C(C)=N/OCc2ccc(C(C)(F)F)cc2)cn1)N=N. The zero-order valence-corrected chi connectivity index (χ0v) is 17.0. The highest BCUT2D eigenvalue weighted by Crippen LogP contribution is 2.26. The second kappa shape index (κ2) is 10.9. The summed E-state index contributed by atoms with van der Waals surface area (Å²) >= 11 is 0. The van der Waals surface area contributed by atoms with Gasteiger partial charge in [-0.3, -0.25) is 0 Å². The number of nitrogens with zero attached hydrogens (tertiary/aromatic N) is 4. The monoisotopic (exact) mass is 418 g/mol. The predicted molar refractivity (Wildman–Crippen MR) is 109 cm³/mol. The van der Waals surface area contributed by atoms with Crippen LogP contribution in [0.1, 0.15) is 37.5 Å². The zero-order valence-electron chi connectivity index (χ0n) is 17.0. The molecule has 1 aromatic heterocycles. The van der Waals surface area contributed by atoms with Gasteiger partial charge in [-0.1, -0.05) is 29.4 Å². The molecule has 0 atom stereocenters. The van der Waals surface area contributed by atoms with Crippen LogP contribution in [0.3, 0.4) is 0 Å². The van der Waals surface area contributed by atoms with Crippen LogP contribution in [0.2, 0.25) is 0 Å². The van der Waals surface area contributed by atoms with Crippen molar-refractivity contribution in [2.24, 2.45) is 15.4 Å². The van der Waals surface area contributed by atoms with Crippen LogP contribution >= 0.6 is 0 Å². The Balaban J connectivity index is 1.88. The quantitative estimate of drug-likeness (QED) is 0.257. The first-order valence-electron chi connectivity index (χ1n) is 9.23. The van der Waals surface area contributed by atoms with E-state index in [1.807, 2.05) is 6.92 Å². The predicted octanol–water partition coefficient (Wildman–Crippen LogP) is 4.47. The van der Waals surface area contributed by atoms with Crippen LogP contribution in [0, 0.1) is 5.53 Å². The lowest BCUT2D eigenvalue weighted by molar-refractivity contribution is 0.0174. The number of hydrazone groups is 1. The van der Waals surface area contributed by atoms with Crippen LogP contribution in [-0.4, -0.2) is 29.7 Å². The molecule has 0 spiro atoms. The fraction of sp³-hybridized carbons (Fsp3) is 0.350. The third-order valence-electron chi connectivity index (χ3n) is 3.89. The number of aromatic nitrogens is 1. The molecule has 10 heteroatoms. The number of alkyl halides is 2. The van der Waals surface area contributed by atoms with E-state index in [0.717, 1.165) is 18.1 Å². The number of rotatable bonds is 10. The minimum atomic E-state index is -2.87. The molecule has 0 aliphatic carbocycles. The van der Waals surface area contributed by atoms with Crippen molar-refractivity contribution >= 4 is 11.5 Å². The summed E-state index contributed by atoms with van der Waals surface area (Å²) in [6.45, 7) is 5.29. The Kier molecular flexibility index (Phi) is 8.33. The molecule has 0 aliphatic heterocycles. The van der Waals surface area contributed by atoms with Crippen LogP contribution in [0.15, 0.2) is 58.0 Å². The van der Waals surface area contributed by atoms with Crippen LogP contribution in [0.4, 0.5) is 8.78 Å². The summed E-state index contributed by atoms with van der Waals surface area (Å²) in [6.07, 6.45) is 1.58. The van der Waals surface area contributed by atoms with Crippen molar-refractivity contribution in [3.8, 4) is 5.88 Å². The Labute approximate surface area is 173 Å². The Morgan fingerprint density at radius 1 is 1.20 bits per heavy atom. The van der Waals surface area contributed by atoms with E-state index in [0.29, 0.717) is 18.1 Å². The first kappa shape index (κ1) is 22.9. The summed E-state index contributed by atoms with van der Waals surface area (Å²) in [6, 6.07) is 9.35. The minimum Gasteiger partial charge on any atom is -0.469 e. The van der Waals surface area contributed by atoms with E-state index in [1.165, 1.54) is 12.1 Å². The smallest absolute Gasteiger partial charge is 0.270 e. The zero-order chi connectivity index (χ0) is 22.0. The van der Waals surface area contributed by atoms with Crippen LogP contribution < -0.4 is 10.2 Å². The van der Waals surface area contributed by atoms with E-state index in [-0.39, 0.29) is 24.6 Å². The van der Waals surface area contributed by atoms with Gasteiger partial charge in [-0.05, 0) is 25.5 Å². The van der Waals surface area contributed by atoms with Crippen LogP contribution in [0.25, 0.3) is 0 Å². The third-order valence-corrected chi connectivity index (χ3v) is 3.89. The molecule has 0 amide bonds. The maximum atomic E-state index is 13.2. The number of ether oxygens (including phenoxy) is 1. The van der Waals surface area contributed by atoms with Crippen LogP contribution in [-0.2, 0) is 17.4 Å². The molecule has 1 heterocycles. The fourth-order valence-corrected chi connectivity index (χ4v) is 2.23. The molecule has 0 bridgehead atoms. The third kappa shape index (κ3) is 7.19. The lowest BCUT2D eigenvalue weighted by Gasteiger charge is -2.10. The van der Waals surface area contributed by atoms with Gasteiger partial charge < -0.3 is 15.0 Å². The lowest BCUT2D eigenvalue weighted by atomic mass is 10.1. The molecule has 0 aliphatic rings. The van der Waals surface area contributed by atoms with Gasteiger partial charge in [0, 0.05) is 36.9 Å². The van der Waals surface area contributed by atoms with Crippen molar-refractivity contribution in [3.63, 3.8) is 0 Å². The van der Waals surface area contributed by atoms with Crippen molar-refractivity contribution < 1.29 is 18.4 Å². The number of pyridine rings is 1. The number of hydrogen-bond donors (Lipinski definition) is 2. The molecular formula is C20H24F2N6O2. The van der Waals surface area contributed by atoms with Gasteiger partial charge in [0.15, 0.2) is 6.61 Å². The van der Waals surface area contributed by atoms with E-state index >= 15 is 0 Å². The van der Waals surface area contributed by atoms with Gasteiger partial charge in [0.1, 0.15) is 6.61 Å². The molecule has 1 aromatic carbocycles. The van der Waals surface area contributed by atoms with E-state index in [9.17, 15) is 8.78 Å². The summed E-state index contributed by atoms with van der Waals surface area (Å²) in [7, 11) is 0. The normalized spacial score (nSPS) is 12.4. The average Bonchev–Trinajstić information content (AvgIpc) is 2.74. The number of amidine groups is 1. The Morgan fingerprint density at radius 3 is 2.50 bits per heavy atom. The van der Waals surface area contributed by atoms with Gasteiger partial charge in [-0.25, -0.2) is 19.3 Å². The van der Waals surface area contributed by atoms with E-state index in [4.69, 9.17) is 15.1 Å². The Hall–Kier alpha value is -3.43. The Bertz CT molecular complexity index is 878. The van der Waals surface area contributed by atoms with Gasteiger partial charge in [-0.2, -0.15) is 5.10 Å². The average molecular weight is 418 g/mol. The molecule has 0 saturated carbocycles. The van der Waals surface area contributed by atoms with E-state index in [2.05, 4.69) is 25.8 Å². The second-order valence-corrected chi connectivity index (χ2v) is 6.36. The van der Waals surface area contributed by atoms with Crippen molar-refractivity contribution in [2.75, 3.05) is 13.2 Å².